The Morgan fingerprint density at radius 3 is 2.61 bits per heavy atom. The van der Waals surface area contributed by atoms with E-state index >= 15 is 0 Å². The molecule has 2 atom stereocenters. The fourth-order valence-electron chi connectivity index (χ4n) is 3.56. The molecule has 0 aliphatic carbocycles. The van der Waals surface area contributed by atoms with Crippen LogP contribution in [-0.4, -0.2) is 34.1 Å². The van der Waals surface area contributed by atoms with Crippen LogP contribution in [0.25, 0.3) is 10.8 Å². The second-order valence-electron chi connectivity index (χ2n) is 6.93. The van der Waals surface area contributed by atoms with Gasteiger partial charge in [0.05, 0.1) is 17.1 Å². The Balaban J connectivity index is 1.65. The molecule has 0 saturated carbocycles. The van der Waals surface area contributed by atoms with E-state index in [1.807, 2.05) is 24.3 Å². The van der Waals surface area contributed by atoms with Crippen molar-refractivity contribution < 1.29 is 13.6 Å². The molecule has 2 aromatic carbocycles. The van der Waals surface area contributed by atoms with Gasteiger partial charge < -0.3 is 10.2 Å². The summed E-state index contributed by atoms with van der Waals surface area (Å²) in [6, 6.07) is 8.50. The highest BCUT2D eigenvalue weighted by Crippen LogP contribution is 2.29. The number of hydrogen-bond acceptors (Lipinski definition) is 4. The van der Waals surface area contributed by atoms with Crippen molar-refractivity contribution in [3.05, 3.63) is 69.6 Å². The molecule has 0 bridgehead atoms. The van der Waals surface area contributed by atoms with Gasteiger partial charge in [-0.05, 0) is 30.7 Å². The minimum absolute atomic E-state index is 0.0111. The topological polar surface area (TPSA) is 78.1 Å². The summed E-state index contributed by atoms with van der Waals surface area (Å²) >= 11 is 0. The number of aromatic amines is 1. The van der Waals surface area contributed by atoms with Crippen LogP contribution in [0.4, 0.5) is 14.5 Å². The maximum absolute atomic E-state index is 13.8. The lowest BCUT2D eigenvalue weighted by Crippen LogP contribution is -2.41. The maximum atomic E-state index is 13.8. The van der Waals surface area contributed by atoms with E-state index in [-0.39, 0.29) is 16.7 Å². The first kappa shape index (κ1) is 18.1. The molecule has 0 radical (unpaired) electrons. The zero-order valence-corrected chi connectivity index (χ0v) is 15.3. The van der Waals surface area contributed by atoms with Gasteiger partial charge in [0.15, 0.2) is 11.6 Å². The van der Waals surface area contributed by atoms with E-state index in [0.29, 0.717) is 12.1 Å². The smallest absolute Gasteiger partial charge is 0.272 e. The van der Waals surface area contributed by atoms with E-state index in [4.69, 9.17) is 0 Å². The summed E-state index contributed by atoms with van der Waals surface area (Å²) in [5.74, 6) is -2.34. The third-order valence-electron chi connectivity index (χ3n) is 5.25. The van der Waals surface area contributed by atoms with Crippen molar-refractivity contribution in [2.45, 2.75) is 25.4 Å². The van der Waals surface area contributed by atoms with Crippen molar-refractivity contribution in [1.82, 2.24) is 15.1 Å². The van der Waals surface area contributed by atoms with Gasteiger partial charge in [0.25, 0.3) is 5.56 Å². The average Bonchev–Trinajstić information content (AvgIpc) is 3.12. The van der Waals surface area contributed by atoms with Crippen LogP contribution in [-0.2, 0) is 11.2 Å². The summed E-state index contributed by atoms with van der Waals surface area (Å²) in [5.41, 5.74) is 1.66. The maximum Gasteiger partial charge on any atom is 0.272 e. The number of nitrogens with one attached hydrogen (secondary N) is 2. The number of nitrogens with zero attached hydrogens (tertiary/aromatic N) is 2. The number of H-pyrrole nitrogens is 1. The number of benzene rings is 2. The van der Waals surface area contributed by atoms with Crippen molar-refractivity contribution in [2.24, 2.45) is 0 Å². The van der Waals surface area contributed by atoms with E-state index in [1.54, 1.807) is 14.0 Å². The van der Waals surface area contributed by atoms with E-state index in [9.17, 15) is 18.4 Å². The molecule has 1 aromatic heterocycles. The molecule has 28 heavy (non-hydrogen) atoms. The zero-order chi connectivity index (χ0) is 20.0. The van der Waals surface area contributed by atoms with Crippen LogP contribution in [0.3, 0.4) is 0 Å². The van der Waals surface area contributed by atoms with Crippen molar-refractivity contribution in [2.75, 3.05) is 12.4 Å². The molecule has 1 unspecified atom stereocenters. The molecule has 2 N–H and O–H groups in total. The van der Waals surface area contributed by atoms with Gasteiger partial charge >= 0.3 is 0 Å². The van der Waals surface area contributed by atoms with Crippen LogP contribution < -0.4 is 10.9 Å². The quantitative estimate of drug-likeness (QED) is 0.728. The van der Waals surface area contributed by atoms with Crippen LogP contribution in [0.2, 0.25) is 0 Å². The van der Waals surface area contributed by atoms with E-state index < -0.39 is 29.3 Å². The van der Waals surface area contributed by atoms with E-state index in [0.717, 1.165) is 23.4 Å². The predicted octanol–water partition coefficient (Wildman–Crippen LogP) is 2.76. The van der Waals surface area contributed by atoms with Gasteiger partial charge in [0, 0.05) is 24.5 Å². The molecule has 6 nitrogen and oxygen atoms in total. The average molecular weight is 384 g/mol. The standard InChI is InChI=1S/C20H18F2N4O2/c1-10(18-12-8-14(21)15(22)9-13(12)19(27)25-24-18)26(2)20(28)17-7-11-5-3-4-6-16(11)23-17/h3-6,8-10,17,23H,7H2,1-2H3,(H,25,27)/t10?,17-/m0/s1. The minimum atomic E-state index is -1.11. The van der Waals surface area contributed by atoms with Crippen molar-refractivity contribution in [1.29, 1.82) is 0 Å². The first-order chi connectivity index (χ1) is 13.4. The molecule has 2 heterocycles. The van der Waals surface area contributed by atoms with Gasteiger partial charge in [-0.1, -0.05) is 18.2 Å². The molecule has 0 fully saturated rings. The third kappa shape index (κ3) is 2.90. The first-order valence-corrected chi connectivity index (χ1v) is 8.85. The third-order valence-corrected chi connectivity index (χ3v) is 5.25. The number of amides is 1. The summed E-state index contributed by atoms with van der Waals surface area (Å²) in [5, 5.41) is 9.68. The number of likely N-dealkylation sites (N-methyl/N-ethyl adjacent to an activating group) is 1. The lowest BCUT2D eigenvalue weighted by molar-refractivity contribution is -0.132. The SMILES string of the molecule is CC(c1n[nH]c(=O)c2cc(F)c(F)cc12)N(C)C(=O)[C@@H]1Cc2ccccc2N1. The highest BCUT2D eigenvalue weighted by atomic mass is 19.2. The molecule has 8 heteroatoms. The molecule has 1 aliphatic heterocycles. The fourth-order valence-corrected chi connectivity index (χ4v) is 3.56. The molecule has 4 rings (SSSR count). The van der Waals surface area contributed by atoms with E-state index in [1.165, 1.54) is 4.90 Å². The number of halogens is 2. The summed E-state index contributed by atoms with van der Waals surface area (Å²) < 4.78 is 27.3. The lowest BCUT2D eigenvalue weighted by atomic mass is 10.0. The summed E-state index contributed by atoms with van der Waals surface area (Å²) in [4.78, 5) is 26.4. The van der Waals surface area contributed by atoms with Crippen molar-refractivity contribution >= 4 is 22.4 Å². The van der Waals surface area contributed by atoms with Gasteiger partial charge in [-0.25, -0.2) is 13.9 Å². The number of rotatable bonds is 3. The molecule has 144 valence electrons. The van der Waals surface area contributed by atoms with Gasteiger partial charge in [0.2, 0.25) is 5.91 Å². The molecular weight excluding hydrogens is 366 g/mol. The molecule has 3 aromatic rings. The summed E-state index contributed by atoms with van der Waals surface area (Å²) in [6.45, 7) is 1.72. The highest BCUT2D eigenvalue weighted by Gasteiger charge is 2.31. The Hall–Kier alpha value is -3.29. The molecule has 0 saturated heterocycles. The van der Waals surface area contributed by atoms with Crippen LogP contribution in [0.1, 0.15) is 24.2 Å². The largest absolute Gasteiger partial charge is 0.373 e. The monoisotopic (exact) mass is 384 g/mol. The Bertz CT molecular complexity index is 1120. The van der Waals surface area contributed by atoms with Crippen LogP contribution >= 0.6 is 0 Å². The number of anilines is 1. The van der Waals surface area contributed by atoms with Gasteiger partial charge in [0.1, 0.15) is 6.04 Å². The summed E-state index contributed by atoms with van der Waals surface area (Å²) in [7, 11) is 1.62. The van der Waals surface area contributed by atoms with Crippen LogP contribution in [0.15, 0.2) is 41.2 Å². The van der Waals surface area contributed by atoms with Crippen molar-refractivity contribution in [3.63, 3.8) is 0 Å². The highest BCUT2D eigenvalue weighted by molar-refractivity contribution is 5.89. The lowest BCUT2D eigenvalue weighted by Gasteiger charge is -2.28. The van der Waals surface area contributed by atoms with Crippen LogP contribution in [0, 0.1) is 11.6 Å². The summed E-state index contributed by atoms with van der Waals surface area (Å²) in [6.07, 6.45) is 0.561. The van der Waals surface area contributed by atoms with Gasteiger partial charge in [-0.3, -0.25) is 9.59 Å². The Kier molecular flexibility index (Phi) is 4.33. The van der Waals surface area contributed by atoms with E-state index in [2.05, 4.69) is 15.5 Å². The molecular formula is C20H18F2N4O2. The second kappa shape index (κ2) is 6.70. The molecule has 1 amide bonds. The first-order valence-electron chi connectivity index (χ1n) is 8.85. The van der Waals surface area contributed by atoms with Crippen LogP contribution in [0.5, 0.6) is 0 Å². The number of hydrogen-bond donors (Lipinski definition) is 2. The number of aromatic nitrogens is 2. The predicted molar refractivity (Wildman–Crippen MR) is 101 cm³/mol. The number of fused-ring (bicyclic) bond motifs is 2. The number of carbonyl (C=O) groups is 1. The Morgan fingerprint density at radius 1 is 1.21 bits per heavy atom. The van der Waals surface area contributed by atoms with Gasteiger partial charge in [-0.2, -0.15) is 5.10 Å². The Morgan fingerprint density at radius 2 is 1.89 bits per heavy atom. The minimum Gasteiger partial charge on any atom is -0.373 e. The molecule has 1 aliphatic rings. The zero-order valence-electron chi connectivity index (χ0n) is 15.3. The normalized spacial score (nSPS) is 16.5. The molecule has 0 spiro atoms. The number of para-hydroxylation sites is 1. The Labute approximate surface area is 159 Å². The fraction of sp³-hybridized carbons (Fsp3) is 0.250. The second-order valence-corrected chi connectivity index (χ2v) is 6.93. The van der Waals surface area contributed by atoms with Gasteiger partial charge in [-0.15, -0.1) is 0 Å². The van der Waals surface area contributed by atoms with Crippen molar-refractivity contribution in [3.8, 4) is 0 Å². The number of carbonyl (C=O) groups excluding carboxylic acids is 1.